The molecule has 1 aromatic carbocycles. The third-order valence-corrected chi connectivity index (χ3v) is 9.87. The molecule has 0 aliphatic carbocycles. The fourth-order valence-electron chi connectivity index (χ4n) is 6.43. The SMILES string of the molecule is C=CC(=O)Nc1cc(N2C[C@H](CS(C)(=O)=O)[C@H]2C)c2cnc(Nc3ccnc(N4C[C@H](F)[C@H](OC)C[C@@H]4C)n3)cc2c1C(C)C. The zero-order chi connectivity index (χ0) is 32.6. The van der Waals surface area contributed by atoms with Gasteiger partial charge in [0.2, 0.25) is 11.9 Å². The molecular weight excluding hydrogens is 597 g/mol. The Labute approximate surface area is 264 Å². The van der Waals surface area contributed by atoms with Gasteiger partial charge in [0, 0.05) is 67.1 Å². The van der Waals surface area contributed by atoms with E-state index in [2.05, 4.69) is 45.9 Å². The summed E-state index contributed by atoms with van der Waals surface area (Å²) in [5, 5.41) is 8.05. The molecule has 0 spiro atoms. The molecule has 2 saturated heterocycles. The van der Waals surface area contributed by atoms with Crippen LogP contribution in [0.15, 0.2) is 43.2 Å². The van der Waals surface area contributed by atoms with E-state index in [1.54, 1.807) is 18.5 Å². The van der Waals surface area contributed by atoms with Crippen LogP contribution in [0.5, 0.6) is 0 Å². The molecule has 13 heteroatoms. The number of amides is 1. The molecule has 2 N–H and O–H groups in total. The third-order valence-electron chi connectivity index (χ3n) is 8.83. The van der Waals surface area contributed by atoms with Crippen LogP contribution in [0.3, 0.4) is 0 Å². The van der Waals surface area contributed by atoms with Gasteiger partial charge >= 0.3 is 0 Å². The zero-order valence-corrected chi connectivity index (χ0v) is 27.4. The molecule has 2 fully saturated rings. The Morgan fingerprint density at radius 1 is 1.18 bits per heavy atom. The molecule has 0 saturated carbocycles. The summed E-state index contributed by atoms with van der Waals surface area (Å²) in [5.74, 6) is 1.30. The topological polar surface area (TPSA) is 130 Å². The van der Waals surface area contributed by atoms with Crippen molar-refractivity contribution in [2.75, 3.05) is 52.6 Å². The number of nitrogens with one attached hydrogen (secondary N) is 2. The van der Waals surface area contributed by atoms with E-state index in [0.717, 1.165) is 22.0 Å². The van der Waals surface area contributed by atoms with Gasteiger partial charge in [-0.25, -0.2) is 22.8 Å². The molecule has 0 unspecified atom stereocenters. The maximum Gasteiger partial charge on any atom is 0.247 e. The monoisotopic (exact) mass is 639 g/mol. The van der Waals surface area contributed by atoms with Crippen molar-refractivity contribution in [2.24, 2.45) is 5.92 Å². The van der Waals surface area contributed by atoms with Crippen molar-refractivity contribution < 1.29 is 22.3 Å². The molecule has 0 bridgehead atoms. The van der Waals surface area contributed by atoms with Crippen molar-refractivity contribution in [2.45, 2.75) is 64.4 Å². The number of benzene rings is 1. The van der Waals surface area contributed by atoms with E-state index in [9.17, 15) is 17.6 Å². The van der Waals surface area contributed by atoms with Gasteiger partial charge in [-0.1, -0.05) is 20.4 Å². The smallest absolute Gasteiger partial charge is 0.247 e. The number of fused-ring (bicyclic) bond motifs is 1. The number of hydrogen-bond donors (Lipinski definition) is 2. The molecule has 1 amide bonds. The van der Waals surface area contributed by atoms with Crippen LogP contribution in [-0.4, -0.2) is 85.8 Å². The minimum Gasteiger partial charge on any atom is -0.378 e. The number of nitrogens with zero attached hydrogens (tertiary/aromatic N) is 5. The number of ether oxygens (including phenoxy) is 1. The van der Waals surface area contributed by atoms with E-state index < -0.39 is 22.1 Å². The van der Waals surface area contributed by atoms with Crippen molar-refractivity contribution >= 4 is 55.5 Å². The van der Waals surface area contributed by atoms with Crippen LogP contribution >= 0.6 is 0 Å². The van der Waals surface area contributed by atoms with E-state index in [4.69, 9.17) is 9.72 Å². The van der Waals surface area contributed by atoms with Crippen molar-refractivity contribution in [3.63, 3.8) is 0 Å². The first kappa shape index (κ1) is 32.6. The Morgan fingerprint density at radius 3 is 2.58 bits per heavy atom. The Kier molecular flexibility index (Phi) is 9.31. The van der Waals surface area contributed by atoms with Crippen molar-refractivity contribution in [1.29, 1.82) is 0 Å². The highest BCUT2D eigenvalue weighted by Crippen LogP contribution is 2.43. The molecule has 242 valence electrons. The molecule has 3 aromatic rings. The second kappa shape index (κ2) is 12.9. The highest BCUT2D eigenvalue weighted by molar-refractivity contribution is 7.90. The summed E-state index contributed by atoms with van der Waals surface area (Å²) >= 11 is 0. The Balaban J connectivity index is 1.51. The molecule has 2 aliphatic rings. The van der Waals surface area contributed by atoms with Gasteiger partial charge in [-0.3, -0.25) is 4.79 Å². The Hall–Kier alpha value is -3.84. The summed E-state index contributed by atoms with van der Waals surface area (Å²) in [6.45, 7) is 12.5. The number of pyridine rings is 1. The van der Waals surface area contributed by atoms with Gasteiger partial charge in [-0.15, -0.1) is 0 Å². The van der Waals surface area contributed by atoms with Crippen molar-refractivity contribution in [1.82, 2.24) is 15.0 Å². The average molecular weight is 640 g/mol. The van der Waals surface area contributed by atoms with Gasteiger partial charge < -0.3 is 25.2 Å². The van der Waals surface area contributed by atoms with Crippen LogP contribution in [0.4, 0.5) is 33.3 Å². The number of carbonyl (C=O) groups excluding carboxylic acids is 1. The van der Waals surface area contributed by atoms with Crippen LogP contribution in [0.2, 0.25) is 0 Å². The summed E-state index contributed by atoms with van der Waals surface area (Å²) in [7, 11) is -1.59. The summed E-state index contributed by atoms with van der Waals surface area (Å²) in [5.41, 5.74) is 2.46. The summed E-state index contributed by atoms with van der Waals surface area (Å²) in [4.78, 5) is 30.3. The first-order valence-electron chi connectivity index (χ1n) is 15.2. The minimum atomic E-state index is -3.12. The second-order valence-electron chi connectivity index (χ2n) is 12.5. The lowest BCUT2D eigenvalue weighted by molar-refractivity contribution is -0.111. The van der Waals surface area contributed by atoms with Crippen LogP contribution < -0.4 is 20.4 Å². The standard InChI is InChI=1S/C32H42FN7O4S/c1-8-30(41)36-25-13-26(40-15-21(20(40)5)17-45(7,42)43)23-14-35-29(12-22(23)31(25)18(2)3)37-28-9-10-34-32(38-28)39-16-24(33)27(44-6)11-19(39)4/h8-10,12-14,18-21,24,27H,1,11,15-17H2,2-7H3,(H,36,41)(H,34,35,37,38)/t19-,20+,21+,24-,27+/m0/s1. The molecule has 5 rings (SSSR count). The maximum atomic E-state index is 14.7. The second-order valence-corrected chi connectivity index (χ2v) is 14.6. The lowest BCUT2D eigenvalue weighted by atomic mass is 9.88. The summed E-state index contributed by atoms with van der Waals surface area (Å²) in [6, 6.07) is 5.58. The largest absolute Gasteiger partial charge is 0.378 e. The first-order chi connectivity index (χ1) is 21.3. The number of hydrogen-bond acceptors (Lipinski definition) is 10. The van der Waals surface area contributed by atoms with E-state index in [1.165, 1.54) is 19.4 Å². The normalized spacial score (nSPS) is 23.6. The number of carbonyl (C=O) groups is 1. The number of alkyl halides is 1. The molecule has 0 radical (unpaired) electrons. The van der Waals surface area contributed by atoms with Crippen LogP contribution in [0, 0.1) is 5.92 Å². The number of piperidine rings is 1. The average Bonchev–Trinajstić information content (AvgIpc) is 2.98. The number of aromatic nitrogens is 3. The highest BCUT2D eigenvalue weighted by atomic mass is 32.2. The third kappa shape index (κ3) is 6.89. The van der Waals surface area contributed by atoms with Crippen LogP contribution in [-0.2, 0) is 19.4 Å². The van der Waals surface area contributed by atoms with Gasteiger partial charge in [-0.2, -0.15) is 4.98 Å². The molecule has 4 heterocycles. The van der Waals surface area contributed by atoms with Gasteiger partial charge in [0.15, 0.2) is 0 Å². The molecular formula is C32H42FN7O4S. The Bertz CT molecular complexity index is 1700. The molecule has 45 heavy (non-hydrogen) atoms. The Morgan fingerprint density at radius 2 is 1.93 bits per heavy atom. The summed E-state index contributed by atoms with van der Waals surface area (Å²) in [6.07, 6.45) is 4.85. The van der Waals surface area contributed by atoms with Crippen LogP contribution in [0.25, 0.3) is 10.8 Å². The predicted molar refractivity (Wildman–Crippen MR) is 177 cm³/mol. The fraction of sp³-hybridized carbons (Fsp3) is 0.500. The fourth-order valence-corrected chi connectivity index (χ4v) is 7.59. The van der Waals surface area contributed by atoms with Crippen molar-refractivity contribution in [3.8, 4) is 0 Å². The van der Waals surface area contributed by atoms with Gasteiger partial charge in [0.05, 0.1) is 18.4 Å². The van der Waals surface area contributed by atoms with E-state index in [0.29, 0.717) is 36.2 Å². The number of methoxy groups -OCH3 is 1. The van der Waals surface area contributed by atoms with E-state index in [1.807, 2.05) is 30.9 Å². The summed E-state index contributed by atoms with van der Waals surface area (Å²) < 4.78 is 44.0. The predicted octanol–water partition coefficient (Wildman–Crippen LogP) is 4.84. The lowest BCUT2D eigenvalue weighted by Gasteiger charge is -2.48. The first-order valence-corrected chi connectivity index (χ1v) is 17.2. The number of sulfone groups is 1. The maximum absolute atomic E-state index is 14.7. The quantitative estimate of drug-likeness (QED) is 0.298. The van der Waals surface area contributed by atoms with Gasteiger partial charge in [0.25, 0.3) is 0 Å². The van der Waals surface area contributed by atoms with Gasteiger partial charge in [-0.05, 0) is 61.4 Å². The minimum absolute atomic E-state index is 0.00239. The van der Waals surface area contributed by atoms with Crippen LogP contribution in [0.1, 0.15) is 45.6 Å². The van der Waals surface area contributed by atoms with Crippen molar-refractivity contribution in [3.05, 3.63) is 48.8 Å². The lowest BCUT2D eigenvalue weighted by Crippen LogP contribution is -2.57. The van der Waals surface area contributed by atoms with Gasteiger partial charge in [0.1, 0.15) is 27.6 Å². The molecule has 2 aliphatic heterocycles. The van der Waals surface area contributed by atoms with E-state index in [-0.39, 0.29) is 42.1 Å². The highest BCUT2D eigenvalue weighted by Gasteiger charge is 2.39. The number of halogens is 1. The number of rotatable bonds is 10. The van der Waals surface area contributed by atoms with E-state index >= 15 is 0 Å². The number of anilines is 5. The molecule has 5 atom stereocenters. The zero-order valence-electron chi connectivity index (χ0n) is 26.6. The molecule has 11 nitrogen and oxygen atoms in total. The molecule has 2 aromatic heterocycles.